The van der Waals surface area contributed by atoms with Crippen molar-refractivity contribution in [3.63, 3.8) is 0 Å². The monoisotopic (exact) mass is 249 g/mol. The van der Waals surface area contributed by atoms with Crippen LogP contribution >= 0.6 is 0 Å². The zero-order chi connectivity index (χ0) is 13.5. The Morgan fingerprint density at radius 2 is 1.67 bits per heavy atom. The lowest BCUT2D eigenvalue weighted by Gasteiger charge is -2.17. The van der Waals surface area contributed by atoms with E-state index in [0.29, 0.717) is 23.8 Å². The first kappa shape index (κ1) is 14.2. The molecule has 0 fully saturated rings. The van der Waals surface area contributed by atoms with Crippen molar-refractivity contribution in [3.8, 4) is 29.6 Å². The number of benzene rings is 1. The van der Waals surface area contributed by atoms with Gasteiger partial charge in [-0.15, -0.1) is 6.42 Å². The van der Waals surface area contributed by atoms with Crippen LogP contribution in [-0.4, -0.2) is 39.8 Å². The fourth-order valence-electron chi connectivity index (χ4n) is 1.75. The van der Waals surface area contributed by atoms with E-state index in [4.69, 9.17) is 20.6 Å². The molecule has 0 saturated heterocycles. The lowest BCUT2D eigenvalue weighted by Crippen LogP contribution is -2.17. The Hall–Kier alpha value is -1.86. The lowest BCUT2D eigenvalue weighted by molar-refractivity contribution is 0.320. The van der Waals surface area contributed by atoms with Crippen molar-refractivity contribution in [1.82, 2.24) is 4.90 Å². The van der Waals surface area contributed by atoms with E-state index in [1.807, 2.05) is 24.1 Å². The van der Waals surface area contributed by atoms with Crippen LogP contribution in [0.25, 0.3) is 0 Å². The second kappa shape index (κ2) is 6.77. The predicted octanol–water partition coefficient (Wildman–Crippen LogP) is 1.78. The molecule has 1 aromatic rings. The summed E-state index contributed by atoms with van der Waals surface area (Å²) in [6.07, 6.45) is 5.28. The van der Waals surface area contributed by atoms with E-state index < -0.39 is 0 Å². The summed E-state index contributed by atoms with van der Waals surface area (Å²) in [5.41, 5.74) is 1.06. The Kier molecular flexibility index (Phi) is 5.34. The van der Waals surface area contributed by atoms with Gasteiger partial charge < -0.3 is 14.2 Å². The van der Waals surface area contributed by atoms with Crippen LogP contribution in [0.1, 0.15) is 5.56 Å². The number of ether oxygens (including phenoxy) is 3. The number of terminal acetylenes is 1. The average Bonchev–Trinajstić information content (AvgIpc) is 2.37. The van der Waals surface area contributed by atoms with Crippen LogP contribution in [-0.2, 0) is 6.54 Å². The Labute approximate surface area is 108 Å². The smallest absolute Gasteiger partial charge is 0.203 e. The second-order valence-corrected chi connectivity index (χ2v) is 3.91. The second-order valence-electron chi connectivity index (χ2n) is 3.91. The molecule has 0 N–H and O–H groups in total. The van der Waals surface area contributed by atoms with E-state index in [2.05, 4.69) is 5.92 Å². The summed E-state index contributed by atoms with van der Waals surface area (Å²) < 4.78 is 15.9. The van der Waals surface area contributed by atoms with Crippen molar-refractivity contribution in [3.05, 3.63) is 17.7 Å². The molecule has 0 aliphatic heterocycles. The maximum absolute atomic E-state index is 5.30. The summed E-state index contributed by atoms with van der Waals surface area (Å²) in [6.45, 7) is 1.32. The minimum absolute atomic E-state index is 0.594. The fourth-order valence-corrected chi connectivity index (χ4v) is 1.75. The maximum atomic E-state index is 5.30. The fraction of sp³-hybridized carbons (Fsp3) is 0.429. The number of hydrogen-bond acceptors (Lipinski definition) is 4. The van der Waals surface area contributed by atoms with Crippen molar-refractivity contribution in [2.45, 2.75) is 6.54 Å². The van der Waals surface area contributed by atoms with E-state index in [1.165, 1.54) is 0 Å². The Morgan fingerprint density at radius 3 is 2.06 bits per heavy atom. The molecule has 0 aliphatic carbocycles. The molecule has 0 amide bonds. The molecule has 0 spiro atoms. The predicted molar refractivity (Wildman–Crippen MR) is 71.3 cm³/mol. The molecule has 0 aromatic heterocycles. The zero-order valence-corrected chi connectivity index (χ0v) is 11.3. The number of hydrogen-bond donors (Lipinski definition) is 0. The third-order valence-electron chi connectivity index (χ3n) is 2.54. The van der Waals surface area contributed by atoms with Gasteiger partial charge in [-0.2, -0.15) is 0 Å². The van der Waals surface area contributed by atoms with E-state index >= 15 is 0 Å². The number of nitrogens with zero attached hydrogens (tertiary/aromatic N) is 1. The molecule has 0 saturated carbocycles. The van der Waals surface area contributed by atoms with E-state index in [-0.39, 0.29) is 0 Å². The van der Waals surface area contributed by atoms with Gasteiger partial charge in [0.25, 0.3) is 0 Å². The molecular weight excluding hydrogens is 230 g/mol. The van der Waals surface area contributed by atoms with Crippen molar-refractivity contribution in [2.24, 2.45) is 0 Å². The molecule has 0 bridgehead atoms. The van der Waals surface area contributed by atoms with Crippen molar-refractivity contribution >= 4 is 0 Å². The molecule has 0 aliphatic rings. The van der Waals surface area contributed by atoms with Crippen LogP contribution in [0.15, 0.2) is 12.1 Å². The molecule has 0 atom stereocenters. The van der Waals surface area contributed by atoms with Crippen LogP contribution in [0.4, 0.5) is 0 Å². The van der Waals surface area contributed by atoms with Crippen LogP contribution in [0.5, 0.6) is 17.2 Å². The van der Waals surface area contributed by atoms with Gasteiger partial charge in [0, 0.05) is 6.54 Å². The summed E-state index contributed by atoms with van der Waals surface area (Å²) in [5.74, 6) is 4.51. The van der Waals surface area contributed by atoms with E-state index in [9.17, 15) is 0 Å². The first-order valence-corrected chi connectivity index (χ1v) is 5.57. The summed E-state index contributed by atoms with van der Waals surface area (Å²) in [5, 5.41) is 0. The molecule has 1 aromatic carbocycles. The minimum Gasteiger partial charge on any atom is -0.493 e. The minimum atomic E-state index is 0.594. The van der Waals surface area contributed by atoms with Gasteiger partial charge in [0.1, 0.15) is 0 Å². The topological polar surface area (TPSA) is 30.9 Å². The summed E-state index contributed by atoms with van der Waals surface area (Å²) >= 11 is 0. The summed E-state index contributed by atoms with van der Waals surface area (Å²) in [6, 6.07) is 3.85. The quantitative estimate of drug-likeness (QED) is 0.719. The summed E-state index contributed by atoms with van der Waals surface area (Å²) in [7, 11) is 6.76. The van der Waals surface area contributed by atoms with Gasteiger partial charge in [-0.1, -0.05) is 5.92 Å². The van der Waals surface area contributed by atoms with Gasteiger partial charge in [0.2, 0.25) is 5.75 Å². The molecule has 0 heterocycles. The first-order valence-electron chi connectivity index (χ1n) is 5.57. The average molecular weight is 249 g/mol. The third-order valence-corrected chi connectivity index (χ3v) is 2.54. The maximum Gasteiger partial charge on any atom is 0.203 e. The Morgan fingerprint density at radius 1 is 1.11 bits per heavy atom. The normalized spacial score (nSPS) is 10.0. The Bertz CT molecular complexity index is 412. The highest BCUT2D eigenvalue weighted by atomic mass is 16.5. The molecule has 18 heavy (non-hydrogen) atoms. The molecule has 0 unspecified atom stereocenters. The van der Waals surface area contributed by atoms with Crippen molar-refractivity contribution < 1.29 is 14.2 Å². The highest BCUT2D eigenvalue weighted by molar-refractivity contribution is 5.53. The molecule has 4 nitrogen and oxygen atoms in total. The summed E-state index contributed by atoms with van der Waals surface area (Å²) in [4.78, 5) is 2.03. The zero-order valence-electron chi connectivity index (χ0n) is 11.3. The van der Waals surface area contributed by atoms with Crippen LogP contribution in [0, 0.1) is 12.3 Å². The molecule has 1 rings (SSSR count). The van der Waals surface area contributed by atoms with Gasteiger partial charge in [-0.05, 0) is 24.7 Å². The van der Waals surface area contributed by atoms with Crippen molar-refractivity contribution in [1.29, 1.82) is 0 Å². The SMILES string of the molecule is C#CCN(C)Cc1cc(OC)c(OC)c(OC)c1. The van der Waals surface area contributed by atoms with Gasteiger partial charge in [-0.3, -0.25) is 4.90 Å². The molecular formula is C14H19NO3. The van der Waals surface area contributed by atoms with Gasteiger partial charge in [0.05, 0.1) is 27.9 Å². The number of methoxy groups -OCH3 is 3. The van der Waals surface area contributed by atoms with Gasteiger partial charge in [0.15, 0.2) is 11.5 Å². The highest BCUT2D eigenvalue weighted by Gasteiger charge is 2.13. The highest BCUT2D eigenvalue weighted by Crippen LogP contribution is 2.38. The third kappa shape index (κ3) is 3.31. The van der Waals surface area contributed by atoms with Crippen molar-refractivity contribution in [2.75, 3.05) is 34.9 Å². The molecule has 98 valence electrons. The van der Waals surface area contributed by atoms with Crippen LogP contribution < -0.4 is 14.2 Å². The largest absolute Gasteiger partial charge is 0.493 e. The van der Waals surface area contributed by atoms with Crippen LogP contribution in [0.3, 0.4) is 0 Å². The van der Waals surface area contributed by atoms with Crippen LogP contribution in [0.2, 0.25) is 0 Å². The van der Waals surface area contributed by atoms with E-state index in [1.54, 1.807) is 21.3 Å². The first-order chi connectivity index (χ1) is 8.65. The Balaban J connectivity index is 3.04. The number of rotatable bonds is 6. The molecule has 4 heteroatoms. The van der Waals surface area contributed by atoms with E-state index in [0.717, 1.165) is 12.1 Å². The van der Waals surface area contributed by atoms with Gasteiger partial charge >= 0.3 is 0 Å². The molecule has 0 radical (unpaired) electrons. The van der Waals surface area contributed by atoms with Gasteiger partial charge in [-0.25, -0.2) is 0 Å². The standard InChI is InChI=1S/C14H19NO3/c1-6-7-15(2)10-11-8-12(16-3)14(18-5)13(9-11)17-4/h1,8-9H,7,10H2,2-5H3. The lowest BCUT2D eigenvalue weighted by atomic mass is 10.1.